The van der Waals surface area contributed by atoms with Crippen molar-refractivity contribution in [3.05, 3.63) is 0 Å². The van der Waals surface area contributed by atoms with Crippen molar-refractivity contribution in [3.8, 4) is 0 Å². The first-order valence-corrected chi connectivity index (χ1v) is 6.41. The molecule has 0 heterocycles. The Hall–Kier alpha value is 1.96. The van der Waals surface area contributed by atoms with E-state index in [2.05, 4.69) is 13.8 Å². The van der Waals surface area contributed by atoms with Crippen molar-refractivity contribution in [3.63, 3.8) is 0 Å². The Kier molecular flexibility index (Phi) is 30.4. The van der Waals surface area contributed by atoms with E-state index in [4.69, 9.17) is 0 Å². The van der Waals surface area contributed by atoms with Gasteiger partial charge in [0.1, 0.15) is 0 Å². The zero-order chi connectivity index (χ0) is 6.95. The van der Waals surface area contributed by atoms with Gasteiger partial charge in [0.15, 0.2) is 0 Å². The summed E-state index contributed by atoms with van der Waals surface area (Å²) in [5.74, 6) is 0. The Bertz CT molecular complexity index is 45.4. The molecule has 0 aliphatic rings. The average Bonchev–Trinajstić information content (AvgIpc) is 1.89. The zero-order valence-electron chi connectivity index (χ0n) is 6.95. The fourth-order valence-corrected chi connectivity index (χ4v) is 3.09. The molecule has 0 aliphatic carbocycles. The molecule has 3 heteroatoms. The second-order valence-electron chi connectivity index (χ2n) is 2.77. The van der Waals surface area contributed by atoms with E-state index in [9.17, 15) is 0 Å². The predicted molar refractivity (Wildman–Crippen MR) is 59.5 cm³/mol. The Morgan fingerprint density at radius 1 is 0.818 bits per heavy atom. The number of rotatable bonds is 6. The summed E-state index contributed by atoms with van der Waals surface area (Å²) in [6.45, 7) is 4.57. The third-order valence-electron chi connectivity index (χ3n) is 1.71. The van der Waals surface area contributed by atoms with Crippen LogP contribution < -0.4 is 0 Å². The summed E-state index contributed by atoms with van der Waals surface area (Å²) in [5, 5.41) is 0. The standard InChI is InChI=1S/2C4H9.2Li.Mg.2H/c2*1-3-4-2;;;;;/h2*1,3-4H2,2H3;;;;;. The van der Waals surface area contributed by atoms with Crippen molar-refractivity contribution in [2.24, 2.45) is 0 Å². The van der Waals surface area contributed by atoms with Crippen LogP contribution in [0.4, 0.5) is 0 Å². The minimum absolute atomic E-state index is 0. The molecule has 0 bridgehead atoms. The van der Waals surface area contributed by atoms with Gasteiger partial charge < -0.3 is 0 Å². The summed E-state index contributed by atoms with van der Waals surface area (Å²) >= 11 is 0.389. The van der Waals surface area contributed by atoms with Crippen molar-refractivity contribution in [1.29, 1.82) is 0 Å². The Morgan fingerprint density at radius 2 is 1.18 bits per heavy atom. The maximum absolute atomic E-state index is 2.29. The van der Waals surface area contributed by atoms with E-state index >= 15 is 0 Å². The van der Waals surface area contributed by atoms with Crippen molar-refractivity contribution in [2.75, 3.05) is 0 Å². The molecule has 0 fully saturated rings. The molecule has 0 unspecified atom stereocenters. The summed E-state index contributed by atoms with van der Waals surface area (Å²) in [6, 6.07) is 0. The fraction of sp³-hybridized carbons (Fsp3) is 1.00. The van der Waals surface area contributed by atoms with Crippen LogP contribution in [-0.2, 0) is 0 Å². The SMILES string of the molecule is CCC[CH2][Mg][CH2]CCC.[LiH].[LiH]. The molecule has 0 saturated carbocycles. The van der Waals surface area contributed by atoms with Gasteiger partial charge in [-0.25, -0.2) is 0 Å². The van der Waals surface area contributed by atoms with E-state index < -0.39 is 0 Å². The van der Waals surface area contributed by atoms with E-state index in [1.165, 1.54) is 25.7 Å². The monoisotopic (exact) mass is 154 g/mol. The van der Waals surface area contributed by atoms with Gasteiger partial charge in [-0.15, -0.1) is 9.10 Å². The van der Waals surface area contributed by atoms with Crippen molar-refractivity contribution in [1.82, 2.24) is 0 Å². The van der Waals surface area contributed by atoms with E-state index in [0.29, 0.717) is 20.4 Å². The van der Waals surface area contributed by atoms with Gasteiger partial charge in [-0.05, 0) is 0 Å². The van der Waals surface area contributed by atoms with Crippen LogP contribution in [0, 0.1) is 0 Å². The molecule has 0 nitrogen and oxygen atoms in total. The second kappa shape index (κ2) is 17.9. The minimum atomic E-state index is 0. The fourth-order valence-electron chi connectivity index (χ4n) is 1.03. The average molecular weight is 154 g/mol. The zero-order valence-corrected chi connectivity index (χ0v) is 8.36. The summed E-state index contributed by atoms with van der Waals surface area (Å²) in [7, 11) is 0. The molecule has 0 aromatic heterocycles. The Balaban J connectivity index is -0.000000320. The van der Waals surface area contributed by atoms with Crippen molar-refractivity contribution in [2.45, 2.75) is 48.6 Å². The van der Waals surface area contributed by atoms with Gasteiger partial charge in [0.2, 0.25) is 0 Å². The van der Waals surface area contributed by atoms with E-state index in [0.717, 1.165) is 0 Å². The topological polar surface area (TPSA) is 0 Å². The normalized spacial score (nSPS) is 7.45. The molecule has 0 aromatic rings. The summed E-state index contributed by atoms with van der Waals surface area (Å²) in [6.07, 6.45) is 5.80. The molecule has 0 N–H and O–H groups in total. The first-order valence-electron chi connectivity index (χ1n) is 4.41. The van der Waals surface area contributed by atoms with Gasteiger partial charge in [0.05, 0.1) is 0 Å². The molecule has 11 heavy (non-hydrogen) atoms. The first-order chi connectivity index (χ1) is 4.41. The molecule has 0 aliphatic heterocycles. The van der Waals surface area contributed by atoms with Crippen LogP contribution in [0.1, 0.15) is 39.5 Å². The molecule has 0 spiro atoms. The third-order valence-corrected chi connectivity index (χ3v) is 3.71. The summed E-state index contributed by atoms with van der Waals surface area (Å²) in [4.78, 5) is 0. The van der Waals surface area contributed by atoms with Gasteiger partial charge >= 0.3 is 58.1 Å². The van der Waals surface area contributed by atoms with E-state index in [1.54, 1.807) is 9.10 Å². The second-order valence-corrected chi connectivity index (χ2v) is 4.89. The predicted octanol–water partition coefficient (Wildman–Crippen LogP) is 1.83. The van der Waals surface area contributed by atoms with Crippen LogP contribution in [0.5, 0.6) is 0 Å². The van der Waals surface area contributed by atoms with Crippen molar-refractivity contribution >= 4 is 58.1 Å². The quantitative estimate of drug-likeness (QED) is 0.404. The van der Waals surface area contributed by atoms with Crippen molar-refractivity contribution < 1.29 is 0 Å². The van der Waals surface area contributed by atoms with E-state index in [1.807, 2.05) is 0 Å². The van der Waals surface area contributed by atoms with Gasteiger partial charge in [0.25, 0.3) is 0 Å². The molecule has 56 valence electrons. The molecule has 0 radical (unpaired) electrons. The van der Waals surface area contributed by atoms with Crippen LogP contribution in [0.3, 0.4) is 0 Å². The van der Waals surface area contributed by atoms with Gasteiger partial charge in [-0.1, -0.05) is 39.5 Å². The van der Waals surface area contributed by atoms with Crippen LogP contribution in [0.25, 0.3) is 0 Å². The van der Waals surface area contributed by atoms with E-state index in [-0.39, 0.29) is 37.7 Å². The van der Waals surface area contributed by atoms with Crippen LogP contribution in [0.15, 0.2) is 0 Å². The van der Waals surface area contributed by atoms with Crippen LogP contribution in [0.2, 0.25) is 9.10 Å². The third kappa shape index (κ3) is 18.7. The molecule has 0 saturated heterocycles. The molecule has 0 amide bonds. The molecular formula is C8H20Li2Mg. The molecule has 0 aromatic carbocycles. The van der Waals surface area contributed by atoms with Gasteiger partial charge in [-0.2, -0.15) is 0 Å². The number of hydrogen-bond acceptors (Lipinski definition) is 0. The molecule has 0 rings (SSSR count). The van der Waals surface area contributed by atoms with Crippen LogP contribution in [-0.4, -0.2) is 58.1 Å². The van der Waals surface area contributed by atoms with Crippen LogP contribution >= 0.6 is 0 Å². The first kappa shape index (κ1) is 18.7. The summed E-state index contributed by atoms with van der Waals surface area (Å²) < 4.78 is 3.19. The number of unbranched alkanes of at least 4 members (excludes halogenated alkanes) is 2. The summed E-state index contributed by atoms with van der Waals surface area (Å²) in [5.41, 5.74) is 0. The molecular weight excluding hydrogens is 134 g/mol. The maximum atomic E-state index is 2.29. The van der Waals surface area contributed by atoms with Gasteiger partial charge in [0, 0.05) is 0 Å². The Morgan fingerprint density at radius 3 is 1.45 bits per heavy atom. The Labute approximate surface area is 106 Å². The van der Waals surface area contributed by atoms with Gasteiger partial charge in [-0.3, -0.25) is 0 Å². The number of hydrogen-bond donors (Lipinski definition) is 0. The molecule has 0 atom stereocenters.